The maximum absolute atomic E-state index is 15.6. The summed E-state index contributed by atoms with van der Waals surface area (Å²) < 4.78 is 94.6. The van der Waals surface area contributed by atoms with Crippen molar-refractivity contribution in [3.63, 3.8) is 0 Å². The molecule has 10 amide bonds. The minimum absolute atomic E-state index is 0.000219. The smallest absolute Gasteiger partial charge is 0.407 e. The monoisotopic (exact) mass is 2090 g/mol. The standard InChI is InChI=1S/C98H149FN12O36/c1-5-98(133)68-52-74-86-66(54-111(74)94(129)67(68)60-146-95(98)130)84-70(20-19-65-62(4)69(99)53-73(105-86)83(65)84)107-97(132)147-59-63-15-17-64(18-16-63)103-91(126)72(13-11-25-102-96(100)131)106-93(128)85(61(2)3)108-92(127)71(104-80(119)14-7-6-10-26-110-81(120)21-22-82(110)121)12-8-9-24-101-79(118)23-28-134-30-32-136-34-36-138-38-40-140-42-44-142-46-48-144-50-51-145-49-47-143-45-43-141-41-39-139-37-35-137-33-31-135-29-27-109(55-75(114)87(122)89(124)77(116)57-112)56-76(115)88(123)90(125)78(117)58-113/h15-18,21-22,52-53,61,70-72,75-78,85,87-90,112-117,122-125,133H,5-14,19-20,23-51,54-60H2,1-4H3,(H,101,118)(H,103,126)(H,104,119)(H,106,128)(H,107,132)(H,108,127)(H3,100,102,131)/t70-,71-,72?,75-,76+,77+,78-,85?,87+,88-,89+,90-,98-/m1/s1. The number of carbonyl (C=O) groups excluding carboxylic acids is 10. The van der Waals surface area contributed by atoms with Gasteiger partial charge in [-0.3, -0.25) is 48.2 Å². The van der Waals surface area contributed by atoms with E-state index in [9.17, 15) is 98.7 Å². The lowest BCUT2D eigenvalue weighted by Gasteiger charge is -2.33. The summed E-state index contributed by atoms with van der Waals surface area (Å²) in [6.45, 7) is 11.1. The molecule has 2 aromatic heterocycles. The molecule has 5 heterocycles. The van der Waals surface area contributed by atoms with E-state index in [-0.39, 0.29) is 166 Å². The Labute approximate surface area is 851 Å². The molecule has 0 radical (unpaired) electrons. The fourth-order valence-electron chi connectivity index (χ4n) is 16.5. The van der Waals surface area contributed by atoms with E-state index in [4.69, 9.17) is 87.2 Å². The van der Waals surface area contributed by atoms with Crippen molar-refractivity contribution in [2.75, 3.05) is 216 Å². The van der Waals surface area contributed by atoms with Gasteiger partial charge in [-0.2, -0.15) is 0 Å². The molecule has 0 spiro atoms. The molecule has 4 aromatic rings. The van der Waals surface area contributed by atoms with Gasteiger partial charge >= 0.3 is 18.1 Å². The van der Waals surface area contributed by atoms with Gasteiger partial charge in [-0.1, -0.05) is 39.3 Å². The van der Waals surface area contributed by atoms with Crippen molar-refractivity contribution in [3.8, 4) is 11.4 Å². The molecular weight excluding hydrogens is 1940 g/mol. The Balaban J connectivity index is 0.642. The Bertz CT molecular complexity index is 4830. The fraction of sp³-hybridized carbons (Fsp3) is 0.673. The largest absolute Gasteiger partial charge is 0.458 e. The van der Waals surface area contributed by atoms with Gasteiger partial charge in [0, 0.05) is 92.5 Å². The van der Waals surface area contributed by atoms with Gasteiger partial charge in [0.05, 0.1) is 219 Å². The maximum Gasteiger partial charge on any atom is 0.407 e. The van der Waals surface area contributed by atoms with Crippen LogP contribution >= 0.6 is 0 Å². The molecule has 0 saturated carbocycles. The summed E-state index contributed by atoms with van der Waals surface area (Å²) in [6.07, 6.45) is -10.0. The van der Waals surface area contributed by atoms with Crippen LogP contribution in [0.4, 0.5) is 19.7 Å². The molecule has 49 heteroatoms. The van der Waals surface area contributed by atoms with Gasteiger partial charge in [-0.25, -0.2) is 23.8 Å². The first-order valence-corrected chi connectivity index (χ1v) is 49.9. The van der Waals surface area contributed by atoms with Gasteiger partial charge in [0.25, 0.3) is 17.4 Å². The average molecular weight is 2090 g/mol. The number of imide groups is 1. The summed E-state index contributed by atoms with van der Waals surface area (Å²) in [5.41, 5.74) is 7.06. The number of pyridine rings is 2. The number of cyclic esters (lactones) is 1. The number of aryl methyl sites for hydroxylation is 1. The molecule has 20 N–H and O–H groups in total. The van der Waals surface area contributed by atoms with Crippen molar-refractivity contribution < 1.29 is 175 Å². The van der Waals surface area contributed by atoms with E-state index in [2.05, 4.69) is 37.2 Å². The second-order valence-corrected chi connectivity index (χ2v) is 35.9. The summed E-state index contributed by atoms with van der Waals surface area (Å²) >= 11 is 0. The van der Waals surface area contributed by atoms with Crippen LogP contribution in [0, 0.1) is 18.7 Å². The van der Waals surface area contributed by atoms with Gasteiger partial charge < -0.3 is 170 Å². The SMILES string of the molecule is CC[C@]1(O)C(=O)OCc2c1cc1n(c2=O)Cc2c-1nc1cc(F)c(C)c3c1c2[C@H](NC(=O)OCc1ccc(NC(=O)C(CCCNC(N)=O)NC(=O)C(NC(=O)[C@@H](CCCCNC(=O)CCOCCOCCOCCOCCOCCOCCOCCOCCOCCOCCOCCOCCN(C[C@@H](O)[C@H](O)[C@@H](O)[C@@H](O)CO)C[C@H](O)[C@@H](O)[C@H](O)[C@H](O)CO)NC(=O)CCCCCN2C(=O)C=CC2=O)C(C)C)cc1)CC3. The predicted octanol–water partition coefficient (Wildman–Crippen LogP) is -2.53. The van der Waals surface area contributed by atoms with Crippen LogP contribution in [0.1, 0.15) is 143 Å². The highest BCUT2D eigenvalue weighted by molar-refractivity contribution is 6.13. The Morgan fingerprint density at radius 1 is 0.565 bits per heavy atom. The number of halogens is 1. The molecule has 0 bridgehead atoms. The summed E-state index contributed by atoms with van der Waals surface area (Å²) in [6, 6.07) is 4.02. The topological polar surface area (TPSA) is 674 Å². The molecule has 8 rings (SSSR count). The van der Waals surface area contributed by atoms with Crippen LogP contribution in [0.2, 0.25) is 0 Å². The number of nitrogens with one attached hydrogen (secondary N) is 7. The number of primary amides is 1. The van der Waals surface area contributed by atoms with Gasteiger partial charge in [0.15, 0.2) is 5.60 Å². The van der Waals surface area contributed by atoms with E-state index in [1.807, 2.05) is 0 Å². The molecular formula is C98H149FN12O36. The number of hydrogen-bond acceptors (Lipinski definition) is 38. The van der Waals surface area contributed by atoms with Gasteiger partial charge in [-0.15, -0.1) is 0 Å². The lowest BCUT2D eigenvalue weighted by molar-refractivity contribution is -0.172. The molecule has 3 aliphatic heterocycles. The normalized spacial score (nSPS) is 17.0. The van der Waals surface area contributed by atoms with Crippen molar-refractivity contribution in [2.24, 2.45) is 11.7 Å². The van der Waals surface area contributed by atoms with Gasteiger partial charge in [0.1, 0.15) is 73.8 Å². The van der Waals surface area contributed by atoms with Crippen LogP contribution in [-0.2, 0) is 136 Å². The lowest BCUT2D eigenvalue weighted by atomic mass is 9.81. The number of alkyl carbamates (subject to hydrolysis) is 1. The molecule has 2 unspecified atom stereocenters. The van der Waals surface area contributed by atoms with E-state index in [1.54, 1.807) is 58.0 Å². The number of aliphatic hydroxyl groups excluding tert-OH is 10. The summed E-state index contributed by atoms with van der Waals surface area (Å²) in [5.74, 6) is -5.65. The van der Waals surface area contributed by atoms with E-state index < -0.39 is 176 Å². The number of anilines is 1. The number of fused-ring (bicyclic) bond motifs is 5. The number of aliphatic hydroxyl groups is 11. The first-order chi connectivity index (χ1) is 70.7. The van der Waals surface area contributed by atoms with Crippen LogP contribution in [0.3, 0.4) is 0 Å². The lowest BCUT2D eigenvalue weighted by Crippen LogP contribution is -2.57. The highest BCUT2D eigenvalue weighted by Crippen LogP contribution is 2.46. The zero-order valence-corrected chi connectivity index (χ0v) is 83.9. The number of nitrogens with two attached hydrogens (primary N) is 1. The molecule has 2 aromatic carbocycles. The third kappa shape index (κ3) is 40.0. The van der Waals surface area contributed by atoms with Gasteiger partial charge in [-0.05, 0) is 118 Å². The number of urea groups is 1. The number of nitrogens with zero attached hydrogens (tertiary/aromatic N) is 4. The van der Waals surface area contributed by atoms with Crippen LogP contribution in [0.5, 0.6) is 0 Å². The van der Waals surface area contributed by atoms with Crippen LogP contribution in [0.25, 0.3) is 22.3 Å². The zero-order valence-electron chi connectivity index (χ0n) is 83.9. The summed E-state index contributed by atoms with van der Waals surface area (Å²) in [4.78, 5) is 153. The third-order valence-corrected chi connectivity index (χ3v) is 24.8. The molecule has 1 aliphatic carbocycles. The van der Waals surface area contributed by atoms with Crippen molar-refractivity contribution >= 4 is 76.0 Å². The Kier molecular flexibility index (Phi) is 54.8. The van der Waals surface area contributed by atoms with E-state index in [0.717, 1.165) is 4.90 Å². The number of amides is 10. The molecule has 13 atom stereocenters. The number of hydrogen-bond donors (Lipinski definition) is 19. The molecule has 824 valence electrons. The van der Waals surface area contributed by atoms with Crippen LogP contribution in [0.15, 0.2) is 53.3 Å². The zero-order chi connectivity index (χ0) is 107. The second kappa shape index (κ2) is 65.9. The number of esters is 1. The average Bonchev–Trinajstić information content (AvgIpc) is 1.55. The summed E-state index contributed by atoms with van der Waals surface area (Å²) in [7, 11) is 0. The number of rotatable bonds is 78. The van der Waals surface area contributed by atoms with Crippen molar-refractivity contribution in [2.45, 2.75) is 210 Å². The maximum atomic E-state index is 15.6. The Morgan fingerprint density at radius 2 is 1.06 bits per heavy atom. The second-order valence-electron chi connectivity index (χ2n) is 35.9. The molecule has 48 nitrogen and oxygen atoms in total. The summed E-state index contributed by atoms with van der Waals surface area (Å²) in [5, 5.41) is 131. The molecule has 4 aliphatic rings. The Morgan fingerprint density at radius 3 is 1.57 bits per heavy atom. The van der Waals surface area contributed by atoms with E-state index >= 15 is 4.39 Å². The van der Waals surface area contributed by atoms with Crippen molar-refractivity contribution in [1.29, 1.82) is 0 Å². The quantitative estimate of drug-likeness (QED) is 0.0108. The fourth-order valence-corrected chi connectivity index (χ4v) is 16.5. The predicted molar refractivity (Wildman–Crippen MR) is 520 cm³/mol. The number of ether oxygens (including phenoxy) is 14. The molecule has 147 heavy (non-hydrogen) atoms. The Hall–Kier alpha value is -9.99. The van der Waals surface area contributed by atoms with Crippen LogP contribution < -0.4 is 48.5 Å². The first kappa shape index (κ1) is 122. The van der Waals surface area contributed by atoms with E-state index in [0.29, 0.717) is 195 Å². The highest BCUT2D eigenvalue weighted by Gasteiger charge is 2.47. The van der Waals surface area contributed by atoms with Gasteiger partial charge in [0.2, 0.25) is 29.5 Å². The minimum Gasteiger partial charge on any atom is -0.458 e. The van der Waals surface area contributed by atoms with Crippen molar-refractivity contribution in [1.82, 2.24) is 51.3 Å². The number of carbonyl (C=O) groups is 10. The number of aromatic nitrogens is 2. The van der Waals surface area contributed by atoms with Crippen molar-refractivity contribution in [3.05, 3.63) is 104 Å². The van der Waals surface area contributed by atoms with E-state index in [1.165, 1.54) is 27.7 Å². The number of benzene rings is 2. The molecule has 0 saturated heterocycles. The first-order valence-electron chi connectivity index (χ1n) is 49.9. The third-order valence-electron chi connectivity index (χ3n) is 24.8. The molecule has 0 fully saturated rings. The number of unbranched alkanes of at least 4 members (excludes halogenated alkanes) is 3. The highest BCUT2D eigenvalue weighted by atomic mass is 19.1. The van der Waals surface area contributed by atoms with Crippen LogP contribution in [-0.4, -0.2) is 413 Å². The minimum atomic E-state index is -2.09.